The Morgan fingerprint density at radius 1 is 1.29 bits per heavy atom. The van der Waals surface area contributed by atoms with Crippen LogP contribution in [-0.4, -0.2) is 47.7 Å². The van der Waals surface area contributed by atoms with Gasteiger partial charge in [0.15, 0.2) is 5.54 Å². The maximum absolute atomic E-state index is 13.7. The van der Waals surface area contributed by atoms with E-state index in [1.165, 1.54) is 24.1 Å². The first-order valence-electron chi connectivity index (χ1n) is 8.27. The number of ether oxygens (including phenoxy) is 1. The Morgan fingerprint density at radius 2 is 2.04 bits per heavy atom. The van der Waals surface area contributed by atoms with Gasteiger partial charge in [-0.05, 0) is 43.4 Å². The maximum Gasteiger partial charge on any atom is 0.332 e. The Bertz CT molecular complexity index is 658. The van der Waals surface area contributed by atoms with E-state index in [4.69, 9.17) is 4.74 Å². The fraction of sp³-hybridized carbons (Fsp3) is 0.556. The largest absolute Gasteiger partial charge is 0.479 e. The molecule has 1 saturated carbocycles. The van der Waals surface area contributed by atoms with Crippen molar-refractivity contribution in [3.63, 3.8) is 0 Å². The summed E-state index contributed by atoms with van der Waals surface area (Å²) in [6, 6.07) is 6.10. The van der Waals surface area contributed by atoms with E-state index in [0.29, 0.717) is 37.8 Å². The van der Waals surface area contributed by atoms with Crippen LogP contribution in [0.25, 0.3) is 0 Å². The minimum absolute atomic E-state index is 0.0344. The molecule has 1 unspecified atom stereocenters. The van der Waals surface area contributed by atoms with Gasteiger partial charge in [0.1, 0.15) is 5.82 Å². The molecule has 0 radical (unpaired) electrons. The lowest BCUT2D eigenvalue weighted by atomic mass is 9.63. The summed E-state index contributed by atoms with van der Waals surface area (Å²) in [5.41, 5.74) is -1.48. The van der Waals surface area contributed by atoms with Crippen LogP contribution in [0.3, 0.4) is 0 Å². The van der Waals surface area contributed by atoms with Gasteiger partial charge < -0.3 is 14.7 Å². The highest BCUT2D eigenvalue weighted by Gasteiger charge is 2.56. The molecule has 0 bridgehead atoms. The first kappa shape index (κ1) is 16.9. The van der Waals surface area contributed by atoms with E-state index < -0.39 is 16.9 Å². The van der Waals surface area contributed by atoms with Gasteiger partial charge >= 0.3 is 5.97 Å². The molecular weight excluding hydrogens is 313 g/mol. The highest BCUT2D eigenvalue weighted by molar-refractivity contribution is 5.94. The van der Waals surface area contributed by atoms with Gasteiger partial charge in [0.05, 0.1) is 12.0 Å². The number of likely N-dealkylation sites (tertiary alicyclic amines) is 1. The summed E-state index contributed by atoms with van der Waals surface area (Å²) in [7, 11) is 1.44. The van der Waals surface area contributed by atoms with E-state index in [1.807, 2.05) is 0 Å². The summed E-state index contributed by atoms with van der Waals surface area (Å²) in [6.45, 7) is 0.360. The van der Waals surface area contributed by atoms with Gasteiger partial charge in [0, 0.05) is 13.7 Å². The standard InChI is InChI=1S/C18H22FNO4/c1-24-12-18(16(22)23)9-4-10-20(18)15(21)17(7-3-8-17)13-5-2-6-14(19)11-13/h2,5-6,11H,3-4,7-10,12H2,1H3,(H,22,23). The second-order valence-corrected chi connectivity index (χ2v) is 6.78. The van der Waals surface area contributed by atoms with Crippen molar-refractivity contribution in [3.8, 4) is 0 Å². The van der Waals surface area contributed by atoms with E-state index in [2.05, 4.69) is 0 Å². The SMILES string of the molecule is COCC1(C(=O)O)CCCN1C(=O)C1(c2cccc(F)c2)CCC1. The van der Waals surface area contributed by atoms with Gasteiger partial charge in [0.2, 0.25) is 5.91 Å². The zero-order valence-corrected chi connectivity index (χ0v) is 13.8. The molecule has 24 heavy (non-hydrogen) atoms. The smallest absolute Gasteiger partial charge is 0.332 e. The fourth-order valence-corrected chi connectivity index (χ4v) is 4.05. The zero-order chi connectivity index (χ0) is 17.4. The van der Waals surface area contributed by atoms with Gasteiger partial charge in [-0.1, -0.05) is 18.6 Å². The van der Waals surface area contributed by atoms with Crippen molar-refractivity contribution in [2.24, 2.45) is 0 Å². The van der Waals surface area contributed by atoms with Crippen molar-refractivity contribution in [3.05, 3.63) is 35.6 Å². The first-order valence-corrected chi connectivity index (χ1v) is 8.27. The summed E-state index contributed by atoms with van der Waals surface area (Å²) in [5.74, 6) is -1.63. The minimum atomic E-state index is -1.32. The van der Waals surface area contributed by atoms with Crippen LogP contribution in [-0.2, 0) is 19.7 Å². The van der Waals surface area contributed by atoms with Crippen LogP contribution < -0.4 is 0 Å². The number of rotatable bonds is 5. The monoisotopic (exact) mass is 335 g/mol. The zero-order valence-electron chi connectivity index (χ0n) is 13.8. The fourth-order valence-electron chi connectivity index (χ4n) is 4.05. The summed E-state index contributed by atoms with van der Waals surface area (Å²) >= 11 is 0. The Kier molecular flexibility index (Phi) is 4.34. The predicted molar refractivity (Wildman–Crippen MR) is 85.1 cm³/mol. The number of carbonyl (C=O) groups is 2. The molecule has 1 aliphatic heterocycles. The van der Waals surface area contributed by atoms with Crippen LogP contribution >= 0.6 is 0 Å². The summed E-state index contributed by atoms with van der Waals surface area (Å²) < 4.78 is 18.8. The van der Waals surface area contributed by atoms with E-state index in [0.717, 1.165) is 6.42 Å². The molecule has 1 amide bonds. The Morgan fingerprint density at radius 3 is 2.58 bits per heavy atom. The number of carbonyl (C=O) groups excluding carboxylic acids is 1. The average Bonchev–Trinajstić information content (AvgIpc) is 2.91. The molecule has 1 heterocycles. The lowest BCUT2D eigenvalue weighted by Gasteiger charge is -2.46. The van der Waals surface area contributed by atoms with Crippen molar-refractivity contribution < 1.29 is 23.8 Å². The van der Waals surface area contributed by atoms with Crippen LogP contribution in [0.4, 0.5) is 4.39 Å². The molecule has 130 valence electrons. The van der Waals surface area contributed by atoms with Gasteiger partial charge in [-0.3, -0.25) is 4.79 Å². The van der Waals surface area contributed by atoms with Crippen LogP contribution in [0, 0.1) is 5.82 Å². The van der Waals surface area contributed by atoms with E-state index in [-0.39, 0.29) is 18.3 Å². The number of halogens is 1. The number of amides is 1. The number of methoxy groups -OCH3 is 1. The minimum Gasteiger partial charge on any atom is -0.479 e. The van der Waals surface area contributed by atoms with Crippen molar-refractivity contribution in [1.29, 1.82) is 0 Å². The second-order valence-electron chi connectivity index (χ2n) is 6.78. The van der Waals surface area contributed by atoms with Gasteiger partial charge in [-0.25, -0.2) is 9.18 Å². The lowest BCUT2D eigenvalue weighted by molar-refractivity contribution is -0.164. The molecular formula is C18H22FNO4. The summed E-state index contributed by atoms with van der Waals surface area (Å²) in [4.78, 5) is 26.7. The van der Waals surface area contributed by atoms with E-state index in [1.54, 1.807) is 12.1 Å². The third kappa shape index (κ3) is 2.40. The molecule has 3 rings (SSSR count). The van der Waals surface area contributed by atoms with Crippen molar-refractivity contribution in [2.75, 3.05) is 20.3 Å². The summed E-state index contributed by atoms with van der Waals surface area (Å²) in [6.07, 6.45) is 3.12. The predicted octanol–water partition coefficient (Wildman–Crippen LogP) is 2.34. The molecule has 0 aromatic heterocycles. The van der Waals surface area contributed by atoms with Crippen LogP contribution in [0.5, 0.6) is 0 Å². The quantitative estimate of drug-likeness (QED) is 0.897. The average molecular weight is 335 g/mol. The van der Waals surface area contributed by atoms with E-state index >= 15 is 0 Å². The van der Waals surface area contributed by atoms with Gasteiger partial charge in [0.25, 0.3) is 0 Å². The number of hydrogen-bond donors (Lipinski definition) is 1. The van der Waals surface area contributed by atoms with Crippen LogP contribution in [0.2, 0.25) is 0 Å². The van der Waals surface area contributed by atoms with Crippen LogP contribution in [0.15, 0.2) is 24.3 Å². The Labute approximate surface area is 140 Å². The first-order chi connectivity index (χ1) is 11.5. The molecule has 1 saturated heterocycles. The van der Waals surface area contributed by atoms with Crippen LogP contribution in [0.1, 0.15) is 37.7 Å². The number of aliphatic carboxylic acids is 1. The molecule has 5 nitrogen and oxygen atoms in total. The lowest BCUT2D eigenvalue weighted by Crippen LogP contribution is -2.61. The third-order valence-corrected chi connectivity index (χ3v) is 5.51. The normalized spacial score (nSPS) is 25.3. The van der Waals surface area contributed by atoms with Gasteiger partial charge in [-0.2, -0.15) is 0 Å². The van der Waals surface area contributed by atoms with Crippen molar-refractivity contribution in [1.82, 2.24) is 4.90 Å². The molecule has 1 aliphatic carbocycles. The number of carboxylic acid groups (broad SMARTS) is 1. The molecule has 2 fully saturated rings. The summed E-state index contributed by atoms with van der Waals surface area (Å²) in [5, 5.41) is 9.75. The number of hydrogen-bond acceptors (Lipinski definition) is 3. The van der Waals surface area contributed by atoms with E-state index in [9.17, 15) is 19.1 Å². The molecule has 1 atom stereocenters. The Balaban J connectivity index is 1.98. The number of carboxylic acids is 1. The third-order valence-electron chi connectivity index (χ3n) is 5.51. The maximum atomic E-state index is 13.7. The number of benzene rings is 1. The molecule has 1 aromatic rings. The topological polar surface area (TPSA) is 66.8 Å². The Hall–Kier alpha value is -1.95. The highest BCUT2D eigenvalue weighted by Crippen LogP contribution is 2.47. The molecule has 2 aliphatic rings. The molecule has 0 spiro atoms. The highest BCUT2D eigenvalue weighted by atomic mass is 19.1. The van der Waals surface area contributed by atoms with Crippen molar-refractivity contribution >= 4 is 11.9 Å². The molecule has 1 N–H and O–H groups in total. The van der Waals surface area contributed by atoms with Gasteiger partial charge in [-0.15, -0.1) is 0 Å². The molecule has 6 heteroatoms. The second kappa shape index (κ2) is 6.16. The van der Waals surface area contributed by atoms with Crippen molar-refractivity contribution in [2.45, 2.75) is 43.1 Å². The number of nitrogens with zero attached hydrogens (tertiary/aromatic N) is 1. The molecule has 1 aromatic carbocycles.